The minimum Gasteiger partial charge on any atom is -0.386 e. The number of aromatic nitrogens is 1. The largest absolute Gasteiger partial charge is 0.386 e. The molecule has 1 heterocycles. The van der Waals surface area contributed by atoms with Gasteiger partial charge in [0.2, 0.25) is 0 Å². The Bertz CT molecular complexity index is 562. The molecule has 0 spiro atoms. The number of hydrogen-bond acceptors (Lipinski definition) is 2. The molecule has 0 saturated carbocycles. The Morgan fingerprint density at radius 1 is 1.22 bits per heavy atom. The first-order valence-corrected chi connectivity index (χ1v) is 5.68. The van der Waals surface area contributed by atoms with Crippen LogP contribution in [0.3, 0.4) is 0 Å². The molecule has 94 valence electrons. The highest BCUT2D eigenvalue weighted by molar-refractivity contribution is 6.30. The van der Waals surface area contributed by atoms with Gasteiger partial charge in [-0.1, -0.05) is 23.7 Å². The molecule has 0 aliphatic carbocycles. The predicted molar refractivity (Wildman–Crippen MR) is 64.3 cm³/mol. The van der Waals surface area contributed by atoms with Gasteiger partial charge in [-0.3, -0.25) is 4.98 Å². The van der Waals surface area contributed by atoms with Gasteiger partial charge in [0.1, 0.15) is 23.4 Å². The summed E-state index contributed by atoms with van der Waals surface area (Å²) in [5.41, 5.74) is 0.122. The fourth-order valence-electron chi connectivity index (χ4n) is 1.65. The van der Waals surface area contributed by atoms with E-state index < -0.39 is 17.7 Å². The van der Waals surface area contributed by atoms with E-state index in [1.54, 1.807) is 6.07 Å². The fourth-order valence-corrected chi connectivity index (χ4v) is 1.85. The maximum atomic E-state index is 13.6. The van der Waals surface area contributed by atoms with Crippen molar-refractivity contribution in [2.24, 2.45) is 0 Å². The van der Waals surface area contributed by atoms with E-state index in [2.05, 4.69) is 4.98 Å². The molecule has 0 aliphatic heterocycles. The topological polar surface area (TPSA) is 33.1 Å². The highest BCUT2D eigenvalue weighted by Gasteiger charge is 2.17. The zero-order valence-corrected chi connectivity index (χ0v) is 10.0. The molecule has 1 unspecified atom stereocenters. The van der Waals surface area contributed by atoms with Crippen molar-refractivity contribution in [2.45, 2.75) is 12.5 Å². The molecule has 0 aliphatic rings. The first kappa shape index (κ1) is 12.9. The summed E-state index contributed by atoms with van der Waals surface area (Å²) in [6.45, 7) is 0. The lowest BCUT2D eigenvalue weighted by molar-refractivity contribution is 0.167. The van der Waals surface area contributed by atoms with Gasteiger partial charge in [0, 0.05) is 12.6 Å². The molecule has 1 aromatic heterocycles. The van der Waals surface area contributed by atoms with Crippen LogP contribution in [0.2, 0.25) is 5.02 Å². The first-order valence-electron chi connectivity index (χ1n) is 5.31. The first-order chi connectivity index (χ1) is 8.59. The SMILES string of the molecule is OC(Cc1cccc(Cl)c1F)c1ncccc1F. The lowest BCUT2D eigenvalue weighted by Crippen LogP contribution is -2.08. The summed E-state index contributed by atoms with van der Waals surface area (Å²) in [7, 11) is 0. The average molecular weight is 270 g/mol. The Labute approximate surface area is 108 Å². The summed E-state index contributed by atoms with van der Waals surface area (Å²) in [6, 6.07) is 7.09. The van der Waals surface area contributed by atoms with E-state index in [1.807, 2.05) is 0 Å². The third-order valence-electron chi connectivity index (χ3n) is 2.55. The number of halogens is 3. The van der Waals surface area contributed by atoms with Crippen LogP contribution in [-0.4, -0.2) is 10.1 Å². The zero-order chi connectivity index (χ0) is 13.1. The summed E-state index contributed by atoms with van der Waals surface area (Å²) >= 11 is 5.63. The molecule has 0 amide bonds. The number of rotatable bonds is 3. The van der Waals surface area contributed by atoms with E-state index in [1.165, 1.54) is 30.5 Å². The monoisotopic (exact) mass is 269 g/mol. The Kier molecular flexibility index (Phi) is 3.89. The second kappa shape index (κ2) is 5.42. The standard InChI is InChI=1S/C13H10ClF2NO/c14-9-4-1-3-8(12(9)16)7-11(18)13-10(15)5-2-6-17-13/h1-6,11,18H,7H2. The number of benzene rings is 1. The van der Waals surface area contributed by atoms with Crippen LogP contribution >= 0.6 is 11.6 Å². The third kappa shape index (κ3) is 2.66. The molecule has 0 saturated heterocycles. The summed E-state index contributed by atoms with van der Waals surface area (Å²) in [4.78, 5) is 3.75. The van der Waals surface area contributed by atoms with Gasteiger partial charge >= 0.3 is 0 Å². The molecule has 2 nitrogen and oxygen atoms in total. The lowest BCUT2D eigenvalue weighted by Gasteiger charge is -2.11. The van der Waals surface area contributed by atoms with Crippen LogP contribution in [0, 0.1) is 11.6 Å². The van der Waals surface area contributed by atoms with E-state index in [-0.39, 0.29) is 22.7 Å². The number of aliphatic hydroxyl groups excluding tert-OH is 1. The van der Waals surface area contributed by atoms with Gasteiger partial charge in [0.05, 0.1) is 5.02 Å². The van der Waals surface area contributed by atoms with E-state index in [0.29, 0.717) is 0 Å². The summed E-state index contributed by atoms with van der Waals surface area (Å²) in [5.74, 6) is -1.22. The summed E-state index contributed by atoms with van der Waals surface area (Å²) in [5, 5.41) is 9.83. The van der Waals surface area contributed by atoms with Gasteiger partial charge < -0.3 is 5.11 Å². The number of aliphatic hydroxyl groups is 1. The Morgan fingerprint density at radius 2 is 2.00 bits per heavy atom. The van der Waals surface area contributed by atoms with Crippen LogP contribution in [0.4, 0.5) is 8.78 Å². The van der Waals surface area contributed by atoms with Crippen LogP contribution in [0.5, 0.6) is 0 Å². The van der Waals surface area contributed by atoms with E-state index in [9.17, 15) is 13.9 Å². The molecule has 1 N–H and O–H groups in total. The van der Waals surface area contributed by atoms with E-state index in [0.717, 1.165) is 0 Å². The minimum atomic E-state index is -1.21. The number of nitrogens with zero attached hydrogens (tertiary/aromatic N) is 1. The second-order valence-electron chi connectivity index (χ2n) is 3.80. The average Bonchev–Trinajstić information content (AvgIpc) is 2.35. The van der Waals surface area contributed by atoms with E-state index >= 15 is 0 Å². The smallest absolute Gasteiger partial charge is 0.147 e. The predicted octanol–water partition coefficient (Wildman–Crippen LogP) is 3.29. The maximum absolute atomic E-state index is 13.6. The molecule has 1 aromatic carbocycles. The minimum absolute atomic E-state index is 0.0267. The molecule has 0 bridgehead atoms. The quantitative estimate of drug-likeness (QED) is 0.927. The summed E-state index contributed by atoms with van der Waals surface area (Å²) in [6.07, 6.45) is 0.0789. The van der Waals surface area contributed by atoms with Crippen molar-refractivity contribution >= 4 is 11.6 Å². The van der Waals surface area contributed by atoms with Crippen LogP contribution < -0.4 is 0 Å². The zero-order valence-electron chi connectivity index (χ0n) is 9.28. The fraction of sp³-hybridized carbons (Fsp3) is 0.154. The van der Waals surface area contributed by atoms with Gasteiger partial charge in [-0.25, -0.2) is 8.78 Å². The van der Waals surface area contributed by atoms with Crippen molar-refractivity contribution in [3.05, 3.63) is 64.4 Å². The number of pyridine rings is 1. The highest BCUT2D eigenvalue weighted by atomic mass is 35.5. The van der Waals surface area contributed by atoms with Crippen molar-refractivity contribution in [1.29, 1.82) is 0 Å². The molecule has 2 rings (SSSR count). The molecule has 2 aromatic rings. The van der Waals surface area contributed by atoms with Crippen LogP contribution in [0.25, 0.3) is 0 Å². The van der Waals surface area contributed by atoms with E-state index in [4.69, 9.17) is 11.6 Å². The van der Waals surface area contributed by atoms with Crippen molar-refractivity contribution in [3.63, 3.8) is 0 Å². The van der Waals surface area contributed by atoms with Crippen LogP contribution in [0.15, 0.2) is 36.5 Å². The third-order valence-corrected chi connectivity index (χ3v) is 2.84. The van der Waals surface area contributed by atoms with Gasteiger partial charge in [-0.05, 0) is 23.8 Å². The second-order valence-corrected chi connectivity index (χ2v) is 4.21. The molecule has 5 heteroatoms. The molecular formula is C13H10ClF2NO. The van der Waals surface area contributed by atoms with Crippen molar-refractivity contribution in [3.8, 4) is 0 Å². The van der Waals surface area contributed by atoms with Gasteiger partial charge in [0.15, 0.2) is 0 Å². The van der Waals surface area contributed by atoms with Crippen LogP contribution in [-0.2, 0) is 6.42 Å². The van der Waals surface area contributed by atoms with Crippen molar-refractivity contribution in [2.75, 3.05) is 0 Å². The maximum Gasteiger partial charge on any atom is 0.147 e. The Balaban J connectivity index is 2.24. The Morgan fingerprint density at radius 3 is 2.72 bits per heavy atom. The normalized spacial score (nSPS) is 12.4. The van der Waals surface area contributed by atoms with Crippen molar-refractivity contribution in [1.82, 2.24) is 4.98 Å². The molecule has 0 fully saturated rings. The van der Waals surface area contributed by atoms with Gasteiger partial charge in [-0.2, -0.15) is 0 Å². The van der Waals surface area contributed by atoms with Crippen molar-refractivity contribution < 1.29 is 13.9 Å². The Hall–Kier alpha value is -1.52. The molecule has 18 heavy (non-hydrogen) atoms. The summed E-state index contributed by atoms with van der Waals surface area (Å²) < 4.78 is 27.0. The number of hydrogen-bond donors (Lipinski definition) is 1. The molecule has 1 atom stereocenters. The van der Waals surface area contributed by atoms with Gasteiger partial charge in [-0.15, -0.1) is 0 Å². The van der Waals surface area contributed by atoms with Crippen LogP contribution in [0.1, 0.15) is 17.4 Å². The highest BCUT2D eigenvalue weighted by Crippen LogP contribution is 2.24. The molecule has 0 radical (unpaired) electrons. The van der Waals surface area contributed by atoms with Gasteiger partial charge in [0.25, 0.3) is 0 Å². The molecular weight excluding hydrogens is 260 g/mol. The lowest BCUT2D eigenvalue weighted by atomic mass is 10.0.